The molecule has 0 saturated carbocycles. The standard InChI is InChI=1S/C12H20F3N3O2/c1-5-8(2)6-10(19)20-7-9(17-18-16)11(3,4)12(13,14)15/h8-9H,5-7H2,1-4H3. The van der Waals surface area contributed by atoms with E-state index in [4.69, 9.17) is 10.3 Å². The number of esters is 1. The first-order valence-electron chi connectivity index (χ1n) is 6.32. The molecule has 0 aromatic carbocycles. The van der Waals surface area contributed by atoms with Gasteiger partial charge in [-0.05, 0) is 11.4 Å². The zero-order chi connectivity index (χ0) is 16.0. The predicted molar refractivity (Wildman–Crippen MR) is 67.8 cm³/mol. The summed E-state index contributed by atoms with van der Waals surface area (Å²) in [5.41, 5.74) is 6.10. The largest absolute Gasteiger partial charge is 0.465 e. The van der Waals surface area contributed by atoms with Crippen molar-refractivity contribution in [3.05, 3.63) is 10.4 Å². The van der Waals surface area contributed by atoms with Crippen LogP contribution in [0.4, 0.5) is 13.2 Å². The lowest BCUT2D eigenvalue weighted by Gasteiger charge is -2.32. The molecule has 0 aliphatic rings. The minimum Gasteiger partial charge on any atom is -0.465 e. The lowest BCUT2D eigenvalue weighted by atomic mass is 9.84. The van der Waals surface area contributed by atoms with Gasteiger partial charge in [-0.2, -0.15) is 13.2 Å². The third kappa shape index (κ3) is 5.28. The first-order valence-corrected chi connectivity index (χ1v) is 6.32. The summed E-state index contributed by atoms with van der Waals surface area (Å²) in [6.45, 7) is 4.98. The quantitative estimate of drug-likeness (QED) is 0.305. The van der Waals surface area contributed by atoms with E-state index in [9.17, 15) is 18.0 Å². The molecule has 2 unspecified atom stereocenters. The third-order valence-corrected chi connectivity index (χ3v) is 3.37. The Hall–Kier alpha value is -1.43. The van der Waals surface area contributed by atoms with E-state index >= 15 is 0 Å². The highest BCUT2D eigenvalue weighted by atomic mass is 19.4. The Kier molecular flexibility index (Phi) is 6.85. The molecule has 0 heterocycles. The maximum atomic E-state index is 12.9. The van der Waals surface area contributed by atoms with Crippen LogP contribution >= 0.6 is 0 Å². The summed E-state index contributed by atoms with van der Waals surface area (Å²) >= 11 is 0. The van der Waals surface area contributed by atoms with Gasteiger partial charge in [0.15, 0.2) is 0 Å². The number of alkyl halides is 3. The van der Waals surface area contributed by atoms with Crippen LogP contribution in [-0.4, -0.2) is 24.8 Å². The molecule has 0 aromatic rings. The molecule has 0 bridgehead atoms. The molecule has 0 fully saturated rings. The van der Waals surface area contributed by atoms with Crippen LogP contribution in [0, 0.1) is 11.3 Å². The highest BCUT2D eigenvalue weighted by Gasteiger charge is 2.52. The Labute approximate surface area is 116 Å². The molecule has 0 radical (unpaired) electrons. The van der Waals surface area contributed by atoms with Gasteiger partial charge < -0.3 is 4.74 Å². The second-order valence-corrected chi connectivity index (χ2v) is 5.34. The average Bonchev–Trinajstić information content (AvgIpc) is 2.32. The Morgan fingerprint density at radius 1 is 1.40 bits per heavy atom. The van der Waals surface area contributed by atoms with E-state index in [2.05, 4.69) is 10.0 Å². The summed E-state index contributed by atoms with van der Waals surface area (Å²) in [4.78, 5) is 13.9. The van der Waals surface area contributed by atoms with E-state index in [0.29, 0.717) is 0 Å². The number of carbonyl (C=O) groups is 1. The summed E-state index contributed by atoms with van der Waals surface area (Å²) in [5, 5.41) is 3.12. The van der Waals surface area contributed by atoms with Gasteiger partial charge in [0.1, 0.15) is 6.61 Å². The Morgan fingerprint density at radius 3 is 2.35 bits per heavy atom. The molecular weight excluding hydrogens is 275 g/mol. The van der Waals surface area contributed by atoms with Crippen molar-refractivity contribution in [3.8, 4) is 0 Å². The maximum Gasteiger partial charge on any atom is 0.394 e. The van der Waals surface area contributed by atoms with Crippen LogP contribution in [0.5, 0.6) is 0 Å². The molecule has 0 amide bonds. The van der Waals surface area contributed by atoms with Gasteiger partial charge in [-0.3, -0.25) is 4.79 Å². The van der Waals surface area contributed by atoms with Crippen molar-refractivity contribution in [1.29, 1.82) is 0 Å². The lowest BCUT2D eigenvalue weighted by Crippen LogP contribution is -2.44. The van der Waals surface area contributed by atoms with E-state index < -0.39 is 30.2 Å². The van der Waals surface area contributed by atoms with Gasteiger partial charge in [0.2, 0.25) is 0 Å². The van der Waals surface area contributed by atoms with Crippen molar-refractivity contribution in [3.63, 3.8) is 0 Å². The van der Waals surface area contributed by atoms with Crippen LogP contribution in [0.15, 0.2) is 5.11 Å². The molecule has 2 atom stereocenters. The molecule has 0 saturated heterocycles. The number of ether oxygens (including phenoxy) is 1. The van der Waals surface area contributed by atoms with Crippen LogP contribution < -0.4 is 0 Å². The van der Waals surface area contributed by atoms with E-state index in [0.717, 1.165) is 20.3 Å². The molecule has 8 heteroatoms. The zero-order valence-corrected chi connectivity index (χ0v) is 12.1. The molecule has 0 spiro atoms. The highest BCUT2D eigenvalue weighted by Crippen LogP contribution is 2.41. The number of carbonyl (C=O) groups excluding carboxylic acids is 1. The summed E-state index contributed by atoms with van der Waals surface area (Å²) in [7, 11) is 0. The Morgan fingerprint density at radius 2 is 1.95 bits per heavy atom. The number of rotatable bonds is 7. The number of hydrogen-bond acceptors (Lipinski definition) is 3. The summed E-state index contributed by atoms with van der Waals surface area (Å²) < 4.78 is 43.4. The summed E-state index contributed by atoms with van der Waals surface area (Å²) in [5.74, 6) is -0.494. The monoisotopic (exact) mass is 295 g/mol. The van der Waals surface area contributed by atoms with Crippen molar-refractivity contribution >= 4 is 5.97 Å². The van der Waals surface area contributed by atoms with Crippen LogP contribution in [0.1, 0.15) is 40.5 Å². The van der Waals surface area contributed by atoms with Crippen LogP contribution in [0.3, 0.4) is 0 Å². The highest BCUT2D eigenvalue weighted by molar-refractivity contribution is 5.69. The zero-order valence-electron chi connectivity index (χ0n) is 12.1. The van der Waals surface area contributed by atoms with Gasteiger partial charge >= 0.3 is 12.1 Å². The van der Waals surface area contributed by atoms with Crippen molar-refractivity contribution in [2.45, 2.75) is 52.8 Å². The average molecular weight is 295 g/mol. The second kappa shape index (κ2) is 7.38. The minimum absolute atomic E-state index is 0.0936. The molecule has 0 N–H and O–H groups in total. The number of nitrogens with zero attached hydrogens (tertiary/aromatic N) is 3. The minimum atomic E-state index is -4.56. The van der Waals surface area contributed by atoms with Gasteiger partial charge in [-0.25, -0.2) is 0 Å². The molecule has 0 aliphatic heterocycles. The molecule has 5 nitrogen and oxygen atoms in total. The van der Waals surface area contributed by atoms with Crippen molar-refractivity contribution in [1.82, 2.24) is 0 Å². The molecule has 0 rings (SSSR count). The normalized spacial score (nSPS) is 15.2. The fraction of sp³-hybridized carbons (Fsp3) is 0.917. The number of halogens is 3. The molecule has 20 heavy (non-hydrogen) atoms. The predicted octanol–water partition coefficient (Wildman–Crippen LogP) is 4.23. The second-order valence-electron chi connectivity index (χ2n) is 5.34. The first-order chi connectivity index (χ1) is 9.06. The first kappa shape index (κ1) is 18.6. The fourth-order valence-corrected chi connectivity index (χ4v) is 1.30. The molecular formula is C12H20F3N3O2. The van der Waals surface area contributed by atoms with E-state index in [-0.39, 0.29) is 12.3 Å². The van der Waals surface area contributed by atoms with Gasteiger partial charge in [0.25, 0.3) is 0 Å². The van der Waals surface area contributed by atoms with Crippen molar-refractivity contribution < 1.29 is 22.7 Å². The van der Waals surface area contributed by atoms with Crippen molar-refractivity contribution in [2.75, 3.05) is 6.61 Å². The molecule has 0 aliphatic carbocycles. The van der Waals surface area contributed by atoms with E-state index in [1.165, 1.54) is 0 Å². The van der Waals surface area contributed by atoms with Gasteiger partial charge in [-0.1, -0.05) is 39.2 Å². The van der Waals surface area contributed by atoms with E-state index in [1.54, 1.807) is 0 Å². The van der Waals surface area contributed by atoms with Gasteiger partial charge in [0, 0.05) is 11.3 Å². The topological polar surface area (TPSA) is 75.1 Å². The van der Waals surface area contributed by atoms with E-state index in [1.807, 2.05) is 13.8 Å². The van der Waals surface area contributed by atoms with Gasteiger partial charge in [-0.15, -0.1) is 0 Å². The Bertz CT molecular complexity index is 377. The summed E-state index contributed by atoms with van der Waals surface area (Å²) in [6.07, 6.45) is -3.66. The maximum absolute atomic E-state index is 12.9. The SMILES string of the molecule is CCC(C)CC(=O)OCC(N=[N+]=[N-])C(C)(C)C(F)(F)F. The van der Waals surface area contributed by atoms with Crippen LogP contribution in [0.25, 0.3) is 10.4 Å². The number of hydrogen-bond donors (Lipinski definition) is 0. The van der Waals surface area contributed by atoms with Crippen LogP contribution in [0.2, 0.25) is 0 Å². The molecule has 116 valence electrons. The van der Waals surface area contributed by atoms with Crippen LogP contribution in [-0.2, 0) is 9.53 Å². The smallest absolute Gasteiger partial charge is 0.394 e. The molecule has 0 aromatic heterocycles. The van der Waals surface area contributed by atoms with Gasteiger partial charge in [0.05, 0.1) is 11.5 Å². The number of azide groups is 1. The third-order valence-electron chi connectivity index (χ3n) is 3.37. The summed E-state index contributed by atoms with van der Waals surface area (Å²) in [6, 6.07) is -1.49. The lowest BCUT2D eigenvalue weighted by molar-refractivity contribution is -0.222. The Balaban J connectivity index is 4.74. The van der Waals surface area contributed by atoms with Crippen molar-refractivity contribution in [2.24, 2.45) is 16.4 Å². The fourth-order valence-electron chi connectivity index (χ4n) is 1.30.